The Balaban J connectivity index is 1.67. The molecule has 1 aromatic rings. The summed E-state index contributed by atoms with van der Waals surface area (Å²) in [6.45, 7) is 9.18. The van der Waals surface area contributed by atoms with E-state index in [4.69, 9.17) is 4.74 Å². The molecule has 1 aliphatic rings. The molecule has 0 spiro atoms. The van der Waals surface area contributed by atoms with E-state index < -0.39 is 5.60 Å². The highest BCUT2D eigenvalue weighted by molar-refractivity contribution is 9.13. The Morgan fingerprint density at radius 1 is 1.39 bits per heavy atom. The fourth-order valence-electron chi connectivity index (χ4n) is 2.52. The number of likely N-dealkylation sites (tertiary alicyclic amines) is 1. The number of hydrogen-bond donors (Lipinski definition) is 1. The zero-order valence-electron chi connectivity index (χ0n) is 13.8. The van der Waals surface area contributed by atoms with Gasteiger partial charge in [0.2, 0.25) is 0 Å². The van der Waals surface area contributed by atoms with Gasteiger partial charge < -0.3 is 15.0 Å². The van der Waals surface area contributed by atoms with Crippen molar-refractivity contribution in [2.45, 2.75) is 45.8 Å². The molecule has 0 saturated carbocycles. The van der Waals surface area contributed by atoms with E-state index in [0.29, 0.717) is 5.92 Å². The molecule has 1 amide bonds. The molecule has 23 heavy (non-hydrogen) atoms. The smallest absolute Gasteiger partial charge is 0.410 e. The molecular formula is C16H24Br2N2O2S. The summed E-state index contributed by atoms with van der Waals surface area (Å²) in [6.07, 6.45) is 1.88. The van der Waals surface area contributed by atoms with E-state index in [0.717, 1.165) is 47.3 Å². The van der Waals surface area contributed by atoms with Crippen molar-refractivity contribution >= 4 is 49.3 Å². The molecule has 0 aromatic carbocycles. The third kappa shape index (κ3) is 6.36. The molecule has 1 fully saturated rings. The number of nitrogens with one attached hydrogen (secondary N) is 1. The molecule has 130 valence electrons. The van der Waals surface area contributed by atoms with Gasteiger partial charge in [-0.1, -0.05) is 0 Å². The number of carbonyl (C=O) groups excluding carboxylic acids is 1. The van der Waals surface area contributed by atoms with E-state index >= 15 is 0 Å². The van der Waals surface area contributed by atoms with Crippen LogP contribution in [0.2, 0.25) is 0 Å². The molecule has 1 aliphatic heterocycles. The van der Waals surface area contributed by atoms with E-state index in [2.05, 4.69) is 43.2 Å². The lowest BCUT2D eigenvalue weighted by atomic mass is 9.97. The van der Waals surface area contributed by atoms with Crippen LogP contribution >= 0.6 is 43.2 Å². The van der Waals surface area contributed by atoms with Crippen LogP contribution in [0.15, 0.2) is 14.3 Å². The predicted molar refractivity (Wildman–Crippen MR) is 102 cm³/mol. The van der Waals surface area contributed by atoms with Crippen LogP contribution in [0.5, 0.6) is 0 Å². The summed E-state index contributed by atoms with van der Waals surface area (Å²) in [5.74, 6) is 0.625. The van der Waals surface area contributed by atoms with E-state index in [9.17, 15) is 4.79 Å². The number of nitrogens with zero attached hydrogens (tertiary/aromatic N) is 1. The SMILES string of the molecule is CC(C)(C)OC(=O)N1CCC(CNCc2cc(Br)c(Br)s2)CC1. The van der Waals surface area contributed by atoms with Crippen molar-refractivity contribution < 1.29 is 9.53 Å². The van der Waals surface area contributed by atoms with Gasteiger partial charge in [0, 0.05) is 29.0 Å². The van der Waals surface area contributed by atoms with Gasteiger partial charge in [-0.05, 0) is 84.0 Å². The second kappa shape index (κ2) is 8.32. The highest BCUT2D eigenvalue weighted by atomic mass is 79.9. The van der Waals surface area contributed by atoms with Crippen LogP contribution in [-0.4, -0.2) is 36.2 Å². The number of carbonyl (C=O) groups is 1. The molecule has 2 rings (SSSR count). The highest BCUT2D eigenvalue weighted by Gasteiger charge is 2.26. The number of hydrogen-bond acceptors (Lipinski definition) is 4. The average Bonchev–Trinajstić information content (AvgIpc) is 2.76. The molecule has 1 N–H and O–H groups in total. The average molecular weight is 468 g/mol. The zero-order chi connectivity index (χ0) is 17.0. The second-order valence-corrected chi connectivity index (χ2v) is 10.2. The van der Waals surface area contributed by atoms with Gasteiger partial charge in [0.05, 0.1) is 3.79 Å². The fourth-order valence-corrected chi connectivity index (χ4v) is 4.67. The number of amides is 1. The van der Waals surface area contributed by atoms with Crippen molar-refractivity contribution in [2.75, 3.05) is 19.6 Å². The summed E-state index contributed by atoms with van der Waals surface area (Å²) in [6, 6.07) is 2.15. The topological polar surface area (TPSA) is 41.6 Å². The molecule has 1 saturated heterocycles. The maximum atomic E-state index is 12.0. The van der Waals surface area contributed by atoms with Gasteiger partial charge in [0.1, 0.15) is 5.60 Å². The van der Waals surface area contributed by atoms with Gasteiger partial charge >= 0.3 is 6.09 Å². The van der Waals surface area contributed by atoms with Crippen molar-refractivity contribution in [3.63, 3.8) is 0 Å². The van der Waals surface area contributed by atoms with Crippen LogP contribution in [-0.2, 0) is 11.3 Å². The van der Waals surface area contributed by atoms with E-state index in [1.807, 2.05) is 25.7 Å². The van der Waals surface area contributed by atoms with Crippen molar-refractivity contribution in [1.82, 2.24) is 10.2 Å². The van der Waals surface area contributed by atoms with Gasteiger partial charge in [-0.3, -0.25) is 0 Å². The lowest BCUT2D eigenvalue weighted by molar-refractivity contribution is 0.0184. The number of piperidine rings is 1. The van der Waals surface area contributed by atoms with Gasteiger partial charge in [0.15, 0.2) is 0 Å². The Labute approximate surface area is 159 Å². The van der Waals surface area contributed by atoms with Crippen LogP contribution in [0, 0.1) is 5.92 Å². The first-order valence-electron chi connectivity index (χ1n) is 7.87. The predicted octanol–water partition coefficient (Wildman–Crippen LogP) is 5.01. The second-order valence-electron chi connectivity index (χ2n) is 6.88. The lowest BCUT2D eigenvalue weighted by Crippen LogP contribution is -2.43. The first-order chi connectivity index (χ1) is 10.7. The minimum Gasteiger partial charge on any atom is -0.444 e. The third-order valence-electron chi connectivity index (χ3n) is 3.69. The number of thiophene rings is 1. The van der Waals surface area contributed by atoms with Crippen molar-refractivity contribution in [3.05, 3.63) is 19.2 Å². The molecule has 4 nitrogen and oxygen atoms in total. The van der Waals surface area contributed by atoms with Crippen LogP contribution < -0.4 is 5.32 Å². The molecule has 7 heteroatoms. The van der Waals surface area contributed by atoms with E-state index in [1.165, 1.54) is 4.88 Å². The molecule has 0 radical (unpaired) electrons. The Kier molecular flexibility index (Phi) is 6.95. The fraction of sp³-hybridized carbons (Fsp3) is 0.688. The Bertz CT molecular complexity index is 515. The normalized spacial score (nSPS) is 16.7. The minimum atomic E-state index is -0.418. The van der Waals surface area contributed by atoms with Crippen LogP contribution in [0.1, 0.15) is 38.5 Å². The number of ether oxygens (including phenoxy) is 1. The monoisotopic (exact) mass is 466 g/mol. The summed E-state index contributed by atoms with van der Waals surface area (Å²) in [5, 5.41) is 3.53. The summed E-state index contributed by atoms with van der Waals surface area (Å²) < 4.78 is 7.68. The van der Waals surface area contributed by atoms with Crippen LogP contribution in [0.3, 0.4) is 0 Å². The van der Waals surface area contributed by atoms with E-state index in [-0.39, 0.29) is 6.09 Å². The van der Waals surface area contributed by atoms with Crippen molar-refractivity contribution in [3.8, 4) is 0 Å². The number of rotatable bonds is 4. The maximum absolute atomic E-state index is 12.0. The minimum absolute atomic E-state index is 0.183. The van der Waals surface area contributed by atoms with Gasteiger partial charge in [0.25, 0.3) is 0 Å². The standard InChI is InChI=1S/C16H24Br2N2O2S/c1-16(2,3)22-15(21)20-6-4-11(5-7-20)9-19-10-12-8-13(17)14(18)23-12/h8,11,19H,4-7,9-10H2,1-3H3. The Hall–Kier alpha value is -0.110. The quantitative estimate of drug-likeness (QED) is 0.676. The van der Waals surface area contributed by atoms with Gasteiger partial charge in [-0.2, -0.15) is 0 Å². The summed E-state index contributed by atoms with van der Waals surface area (Å²) >= 11 is 8.78. The molecule has 0 bridgehead atoms. The third-order valence-corrected chi connectivity index (χ3v) is 6.95. The first-order valence-corrected chi connectivity index (χ1v) is 10.3. The Morgan fingerprint density at radius 2 is 2.04 bits per heavy atom. The van der Waals surface area contributed by atoms with E-state index in [1.54, 1.807) is 11.3 Å². The summed E-state index contributed by atoms with van der Waals surface area (Å²) in [5.41, 5.74) is -0.418. The van der Waals surface area contributed by atoms with Gasteiger partial charge in [-0.15, -0.1) is 11.3 Å². The van der Waals surface area contributed by atoms with Crippen molar-refractivity contribution in [2.24, 2.45) is 5.92 Å². The lowest BCUT2D eigenvalue weighted by Gasteiger charge is -2.33. The molecule has 0 unspecified atom stereocenters. The zero-order valence-corrected chi connectivity index (χ0v) is 17.8. The molecule has 0 aliphatic carbocycles. The summed E-state index contributed by atoms with van der Waals surface area (Å²) in [7, 11) is 0. The Morgan fingerprint density at radius 3 is 2.57 bits per heavy atom. The van der Waals surface area contributed by atoms with Crippen LogP contribution in [0.4, 0.5) is 4.79 Å². The highest BCUT2D eigenvalue weighted by Crippen LogP contribution is 2.32. The van der Waals surface area contributed by atoms with Crippen molar-refractivity contribution in [1.29, 1.82) is 0 Å². The molecule has 1 aromatic heterocycles. The maximum Gasteiger partial charge on any atom is 0.410 e. The molecule has 2 heterocycles. The largest absolute Gasteiger partial charge is 0.444 e. The molecule has 0 atom stereocenters. The summed E-state index contributed by atoms with van der Waals surface area (Å²) in [4.78, 5) is 15.2. The first kappa shape index (κ1) is 19.2. The van der Waals surface area contributed by atoms with Crippen LogP contribution in [0.25, 0.3) is 0 Å². The number of halogens is 2. The molecular weight excluding hydrogens is 444 g/mol. The van der Waals surface area contributed by atoms with Gasteiger partial charge in [-0.25, -0.2) is 4.79 Å².